The van der Waals surface area contributed by atoms with Crippen molar-refractivity contribution in [2.24, 2.45) is 0 Å². The summed E-state index contributed by atoms with van der Waals surface area (Å²) in [6, 6.07) is 7.63. The number of benzene rings is 1. The van der Waals surface area contributed by atoms with E-state index in [2.05, 4.69) is 6.58 Å². The molecule has 3 nitrogen and oxygen atoms in total. The Bertz CT molecular complexity index is 613. The zero-order valence-electron chi connectivity index (χ0n) is 11.5. The van der Waals surface area contributed by atoms with Gasteiger partial charge in [-0.3, -0.25) is 0 Å². The molecule has 2 atom stereocenters. The van der Waals surface area contributed by atoms with E-state index in [-0.39, 0.29) is 10.5 Å². The summed E-state index contributed by atoms with van der Waals surface area (Å²) in [6.07, 6.45) is 4.72. The lowest BCUT2D eigenvalue weighted by Gasteiger charge is -2.44. The fraction of sp³-hybridized carbons (Fsp3) is 0.500. The summed E-state index contributed by atoms with van der Waals surface area (Å²) >= 11 is 0. The number of hydrogen-bond donors (Lipinski definition) is 1. The minimum absolute atomic E-state index is 0.326. The maximum Gasteiger partial charge on any atom is 0.156 e. The SMILES string of the molecule is C=Cc1cccc(C2(O)CC3CCCC(C2)S3(=O)=O)c1. The molecule has 2 aliphatic rings. The van der Waals surface area contributed by atoms with Gasteiger partial charge >= 0.3 is 0 Å². The van der Waals surface area contributed by atoms with E-state index < -0.39 is 15.4 Å². The summed E-state index contributed by atoms with van der Waals surface area (Å²) in [7, 11) is -3.04. The van der Waals surface area contributed by atoms with E-state index in [1.165, 1.54) is 0 Å². The summed E-state index contributed by atoms with van der Waals surface area (Å²) in [5, 5.41) is 10.2. The largest absolute Gasteiger partial charge is 0.385 e. The molecule has 2 fully saturated rings. The second-order valence-electron chi connectivity index (χ2n) is 6.03. The van der Waals surface area contributed by atoms with Gasteiger partial charge in [-0.1, -0.05) is 37.3 Å². The Hall–Kier alpha value is -1.13. The Morgan fingerprint density at radius 2 is 1.90 bits per heavy atom. The third kappa shape index (κ3) is 2.11. The van der Waals surface area contributed by atoms with Crippen molar-refractivity contribution in [3.05, 3.63) is 42.0 Å². The molecule has 0 saturated carbocycles. The van der Waals surface area contributed by atoms with Crippen molar-refractivity contribution in [2.45, 2.75) is 48.2 Å². The van der Waals surface area contributed by atoms with Crippen LogP contribution in [0.25, 0.3) is 6.08 Å². The summed E-state index contributed by atoms with van der Waals surface area (Å²) in [6.45, 7) is 3.74. The molecule has 0 spiro atoms. The highest BCUT2D eigenvalue weighted by Crippen LogP contribution is 2.46. The van der Waals surface area contributed by atoms with Crippen LogP contribution in [0.1, 0.15) is 43.2 Å². The molecule has 2 aliphatic heterocycles. The molecule has 0 aliphatic carbocycles. The molecule has 1 N–H and O–H groups in total. The van der Waals surface area contributed by atoms with Crippen molar-refractivity contribution < 1.29 is 13.5 Å². The molecule has 3 rings (SSSR count). The molecule has 108 valence electrons. The summed E-state index contributed by atoms with van der Waals surface area (Å²) in [5.74, 6) is 0. The predicted molar refractivity (Wildman–Crippen MR) is 80.0 cm³/mol. The van der Waals surface area contributed by atoms with Gasteiger partial charge < -0.3 is 5.11 Å². The maximum atomic E-state index is 12.3. The monoisotopic (exact) mass is 292 g/mol. The second-order valence-corrected chi connectivity index (χ2v) is 8.54. The first-order chi connectivity index (χ1) is 9.45. The Kier molecular flexibility index (Phi) is 3.26. The molecule has 1 aromatic carbocycles. The Labute approximate surface area is 120 Å². The van der Waals surface area contributed by atoms with E-state index in [0.29, 0.717) is 25.7 Å². The normalized spacial score (nSPS) is 35.5. The van der Waals surface area contributed by atoms with Gasteiger partial charge in [0.15, 0.2) is 9.84 Å². The molecule has 4 heteroatoms. The van der Waals surface area contributed by atoms with Gasteiger partial charge in [-0.05, 0) is 42.9 Å². The fourth-order valence-electron chi connectivity index (χ4n) is 3.64. The van der Waals surface area contributed by atoms with Crippen LogP contribution in [0, 0.1) is 0 Å². The zero-order valence-corrected chi connectivity index (χ0v) is 12.3. The zero-order chi connectivity index (χ0) is 14.4. The predicted octanol–water partition coefficient (Wildman–Crippen LogP) is 2.65. The van der Waals surface area contributed by atoms with Crippen LogP contribution in [0.3, 0.4) is 0 Å². The first-order valence-electron chi connectivity index (χ1n) is 7.14. The lowest BCUT2D eigenvalue weighted by molar-refractivity contribution is 0.00499. The molecular weight excluding hydrogens is 272 g/mol. The second kappa shape index (κ2) is 4.71. The molecule has 1 aromatic rings. The molecule has 20 heavy (non-hydrogen) atoms. The molecule has 2 heterocycles. The minimum atomic E-state index is -3.04. The van der Waals surface area contributed by atoms with E-state index in [9.17, 15) is 13.5 Å². The van der Waals surface area contributed by atoms with Crippen molar-refractivity contribution in [1.82, 2.24) is 0 Å². The van der Waals surface area contributed by atoms with Gasteiger partial charge in [0.05, 0.1) is 16.1 Å². The third-order valence-electron chi connectivity index (χ3n) is 4.77. The topological polar surface area (TPSA) is 54.4 Å². The van der Waals surface area contributed by atoms with Gasteiger partial charge in [0.1, 0.15) is 0 Å². The Morgan fingerprint density at radius 1 is 1.25 bits per heavy atom. The molecule has 2 saturated heterocycles. The van der Waals surface area contributed by atoms with Crippen LogP contribution in [0.5, 0.6) is 0 Å². The Balaban J connectivity index is 1.99. The van der Waals surface area contributed by atoms with E-state index in [4.69, 9.17) is 0 Å². The highest BCUT2D eigenvalue weighted by Gasteiger charge is 2.50. The minimum Gasteiger partial charge on any atom is -0.385 e. The Morgan fingerprint density at radius 3 is 2.50 bits per heavy atom. The van der Waals surface area contributed by atoms with Crippen LogP contribution >= 0.6 is 0 Å². The first-order valence-corrected chi connectivity index (χ1v) is 8.75. The standard InChI is InChI=1S/C16H20O3S/c1-2-12-5-3-6-13(9-12)16(17)10-14-7-4-8-15(11-16)20(14,18)19/h2-3,5-6,9,14-15,17H,1,4,7-8,10-11H2. The van der Waals surface area contributed by atoms with Crippen molar-refractivity contribution in [1.29, 1.82) is 0 Å². The average Bonchev–Trinajstić information content (AvgIpc) is 2.41. The van der Waals surface area contributed by atoms with Crippen LogP contribution in [0.4, 0.5) is 0 Å². The molecule has 0 amide bonds. The highest BCUT2D eigenvalue weighted by atomic mass is 32.2. The third-order valence-corrected chi connectivity index (χ3v) is 7.44. The van der Waals surface area contributed by atoms with E-state index in [0.717, 1.165) is 17.5 Å². The molecular formula is C16H20O3S. The smallest absolute Gasteiger partial charge is 0.156 e. The lowest BCUT2D eigenvalue weighted by Crippen LogP contribution is -2.50. The number of rotatable bonds is 2. The quantitative estimate of drug-likeness (QED) is 0.911. The van der Waals surface area contributed by atoms with Crippen molar-refractivity contribution in [3.8, 4) is 0 Å². The van der Waals surface area contributed by atoms with Crippen molar-refractivity contribution >= 4 is 15.9 Å². The maximum absolute atomic E-state index is 12.3. The number of hydrogen-bond acceptors (Lipinski definition) is 3. The molecule has 2 unspecified atom stereocenters. The average molecular weight is 292 g/mol. The molecule has 0 radical (unpaired) electrons. The summed E-state index contributed by atoms with van der Waals surface area (Å²) < 4.78 is 24.6. The number of fused-ring (bicyclic) bond motifs is 2. The summed E-state index contributed by atoms with van der Waals surface area (Å²) in [5.41, 5.74) is 0.760. The van der Waals surface area contributed by atoms with Gasteiger partial charge in [0.25, 0.3) is 0 Å². The van der Waals surface area contributed by atoms with E-state index >= 15 is 0 Å². The van der Waals surface area contributed by atoms with Crippen LogP contribution in [0.2, 0.25) is 0 Å². The fourth-order valence-corrected chi connectivity index (χ4v) is 6.19. The van der Waals surface area contributed by atoms with Gasteiger partial charge in [-0.15, -0.1) is 0 Å². The van der Waals surface area contributed by atoms with Gasteiger partial charge in [-0.2, -0.15) is 0 Å². The lowest BCUT2D eigenvalue weighted by atomic mass is 9.80. The molecule has 0 aromatic heterocycles. The summed E-state index contributed by atoms with van der Waals surface area (Å²) in [4.78, 5) is 0. The van der Waals surface area contributed by atoms with Gasteiger partial charge in [-0.25, -0.2) is 8.42 Å². The van der Waals surface area contributed by atoms with E-state index in [1.807, 2.05) is 24.3 Å². The van der Waals surface area contributed by atoms with Crippen LogP contribution in [-0.4, -0.2) is 24.0 Å². The van der Waals surface area contributed by atoms with Crippen LogP contribution < -0.4 is 0 Å². The van der Waals surface area contributed by atoms with Crippen molar-refractivity contribution in [3.63, 3.8) is 0 Å². The van der Waals surface area contributed by atoms with Gasteiger partial charge in [0.2, 0.25) is 0 Å². The highest BCUT2D eigenvalue weighted by molar-refractivity contribution is 7.92. The van der Waals surface area contributed by atoms with Crippen LogP contribution in [-0.2, 0) is 15.4 Å². The van der Waals surface area contributed by atoms with E-state index in [1.54, 1.807) is 6.08 Å². The van der Waals surface area contributed by atoms with Crippen molar-refractivity contribution in [2.75, 3.05) is 0 Å². The number of sulfone groups is 1. The molecule has 2 bridgehead atoms. The van der Waals surface area contributed by atoms with Gasteiger partial charge in [0, 0.05) is 0 Å². The first kappa shape index (κ1) is 13.8. The van der Waals surface area contributed by atoms with Crippen LogP contribution in [0.15, 0.2) is 30.8 Å². The number of aliphatic hydroxyl groups is 1.